The van der Waals surface area contributed by atoms with Gasteiger partial charge < -0.3 is 29.1 Å². The lowest BCUT2D eigenvalue weighted by Crippen LogP contribution is -2.46. The van der Waals surface area contributed by atoms with Gasteiger partial charge in [-0.2, -0.15) is 0 Å². The molecule has 2 aromatic heterocycles. The van der Waals surface area contributed by atoms with Crippen LogP contribution in [-0.4, -0.2) is 46.2 Å². The Morgan fingerprint density at radius 1 is 1.24 bits per heavy atom. The van der Waals surface area contributed by atoms with Crippen LogP contribution in [0.5, 0.6) is 5.75 Å². The number of hydrogen-bond donors (Lipinski definition) is 2. The van der Waals surface area contributed by atoms with E-state index in [1.165, 1.54) is 11.8 Å². The Morgan fingerprint density at radius 2 is 2.00 bits per heavy atom. The van der Waals surface area contributed by atoms with Crippen LogP contribution in [0.2, 0.25) is 0 Å². The number of benzene rings is 1. The minimum absolute atomic E-state index is 0.211. The highest BCUT2D eigenvalue weighted by Crippen LogP contribution is 2.32. The van der Waals surface area contributed by atoms with Gasteiger partial charge in [0.2, 0.25) is 0 Å². The molecule has 2 amide bonds. The summed E-state index contributed by atoms with van der Waals surface area (Å²) < 4.78 is 17.8. The molecule has 0 aliphatic carbocycles. The Labute approximate surface area is 200 Å². The molecular formula is C23H25N5O5S. The van der Waals surface area contributed by atoms with Crippen molar-refractivity contribution in [1.29, 1.82) is 0 Å². The summed E-state index contributed by atoms with van der Waals surface area (Å²) in [7, 11) is 3.43. The predicted octanol–water partition coefficient (Wildman–Crippen LogP) is 3.36. The van der Waals surface area contributed by atoms with E-state index in [2.05, 4.69) is 20.8 Å². The molecule has 0 fully saturated rings. The number of thioether (sulfide) groups is 1. The van der Waals surface area contributed by atoms with Gasteiger partial charge in [0.25, 0.3) is 0 Å². The number of hydrogen-bond acceptors (Lipinski definition) is 8. The standard InChI is InChI=1S/C23H25N5O5S/c1-5-32-21(29)18-17(24-22(30)25-19(18)14-6-8-15(31-4)9-7-14)12-34-23-27-26-20(28(23)3)16-10-11-33-13(16)2/h6-11,19H,5,12H2,1-4H3,(H2,24,25,30). The normalized spacial score (nSPS) is 15.6. The summed E-state index contributed by atoms with van der Waals surface area (Å²) in [5, 5.41) is 14.8. The number of furan rings is 1. The molecule has 0 saturated heterocycles. The zero-order valence-corrected chi connectivity index (χ0v) is 20.1. The van der Waals surface area contributed by atoms with E-state index in [-0.39, 0.29) is 12.4 Å². The van der Waals surface area contributed by atoms with Crippen molar-refractivity contribution in [2.45, 2.75) is 25.0 Å². The highest BCUT2D eigenvalue weighted by molar-refractivity contribution is 7.99. The molecule has 0 spiro atoms. The first-order valence-electron chi connectivity index (χ1n) is 10.6. The number of carbonyl (C=O) groups excluding carboxylic acids is 2. The maximum atomic E-state index is 12.9. The number of ether oxygens (including phenoxy) is 2. The van der Waals surface area contributed by atoms with Crippen LogP contribution in [0.1, 0.15) is 24.3 Å². The first-order valence-corrected chi connectivity index (χ1v) is 11.6. The van der Waals surface area contributed by atoms with E-state index in [1.54, 1.807) is 44.6 Å². The van der Waals surface area contributed by atoms with Gasteiger partial charge in [-0.1, -0.05) is 23.9 Å². The van der Waals surface area contributed by atoms with Gasteiger partial charge in [0.15, 0.2) is 11.0 Å². The molecule has 178 valence electrons. The second-order valence-corrected chi connectivity index (χ2v) is 8.40. The Hall–Kier alpha value is -3.73. The molecule has 4 rings (SSSR count). The number of nitrogens with zero attached hydrogens (tertiary/aromatic N) is 3. The number of aryl methyl sites for hydroxylation is 1. The summed E-state index contributed by atoms with van der Waals surface area (Å²) in [5.74, 6) is 1.86. The van der Waals surface area contributed by atoms with Crippen LogP contribution in [0.4, 0.5) is 4.79 Å². The van der Waals surface area contributed by atoms with Gasteiger partial charge in [-0.15, -0.1) is 10.2 Å². The molecule has 34 heavy (non-hydrogen) atoms. The summed E-state index contributed by atoms with van der Waals surface area (Å²) in [6, 6.07) is 7.93. The van der Waals surface area contributed by atoms with Gasteiger partial charge in [0.05, 0.1) is 37.2 Å². The maximum absolute atomic E-state index is 12.9. The number of carbonyl (C=O) groups is 2. The Balaban J connectivity index is 1.65. The number of esters is 1. The van der Waals surface area contributed by atoms with Crippen molar-refractivity contribution < 1.29 is 23.5 Å². The Morgan fingerprint density at radius 3 is 2.65 bits per heavy atom. The fraction of sp³-hybridized carbons (Fsp3) is 0.304. The number of urea groups is 1. The molecule has 3 heterocycles. The van der Waals surface area contributed by atoms with Crippen molar-refractivity contribution in [2.75, 3.05) is 19.5 Å². The highest BCUT2D eigenvalue weighted by Gasteiger charge is 2.34. The molecular weight excluding hydrogens is 458 g/mol. The van der Waals surface area contributed by atoms with Crippen molar-refractivity contribution in [3.8, 4) is 17.1 Å². The van der Waals surface area contributed by atoms with Gasteiger partial charge in [0.1, 0.15) is 11.5 Å². The van der Waals surface area contributed by atoms with Crippen molar-refractivity contribution in [2.24, 2.45) is 7.05 Å². The Kier molecular flexibility index (Phi) is 6.92. The summed E-state index contributed by atoms with van der Waals surface area (Å²) in [5.41, 5.74) is 2.38. The van der Waals surface area contributed by atoms with Gasteiger partial charge in [0, 0.05) is 18.5 Å². The lowest BCUT2D eigenvalue weighted by atomic mass is 9.95. The van der Waals surface area contributed by atoms with Gasteiger partial charge >= 0.3 is 12.0 Å². The van der Waals surface area contributed by atoms with E-state index in [4.69, 9.17) is 13.9 Å². The van der Waals surface area contributed by atoms with Gasteiger partial charge in [-0.25, -0.2) is 9.59 Å². The summed E-state index contributed by atoms with van der Waals surface area (Å²) in [4.78, 5) is 25.4. The summed E-state index contributed by atoms with van der Waals surface area (Å²) in [6.45, 7) is 3.81. The smallest absolute Gasteiger partial charge is 0.338 e. The van der Waals surface area contributed by atoms with Crippen molar-refractivity contribution >= 4 is 23.8 Å². The molecule has 0 radical (unpaired) electrons. The summed E-state index contributed by atoms with van der Waals surface area (Å²) >= 11 is 1.35. The molecule has 10 nitrogen and oxygen atoms in total. The van der Waals surface area contributed by atoms with Gasteiger partial charge in [-0.05, 0) is 37.6 Å². The molecule has 1 aliphatic rings. The molecule has 1 aromatic carbocycles. The zero-order valence-electron chi connectivity index (χ0n) is 19.2. The molecule has 1 aliphatic heterocycles. The molecule has 3 aromatic rings. The van der Waals surface area contributed by atoms with E-state index >= 15 is 0 Å². The lowest BCUT2D eigenvalue weighted by molar-refractivity contribution is -0.139. The lowest BCUT2D eigenvalue weighted by Gasteiger charge is -2.29. The Bertz CT molecular complexity index is 1230. The predicted molar refractivity (Wildman–Crippen MR) is 125 cm³/mol. The van der Waals surface area contributed by atoms with E-state index in [1.807, 2.05) is 24.6 Å². The fourth-order valence-electron chi connectivity index (χ4n) is 3.66. The van der Waals surface area contributed by atoms with Crippen molar-refractivity contribution in [3.05, 3.63) is 59.2 Å². The third kappa shape index (κ3) is 4.65. The van der Waals surface area contributed by atoms with Crippen LogP contribution in [0.25, 0.3) is 11.4 Å². The van der Waals surface area contributed by atoms with Crippen molar-refractivity contribution in [3.63, 3.8) is 0 Å². The summed E-state index contributed by atoms with van der Waals surface area (Å²) in [6.07, 6.45) is 1.60. The van der Waals surface area contributed by atoms with E-state index in [0.29, 0.717) is 28.0 Å². The number of aromatic nitrogens is 3. The maximum Gasteiger partial charge on any atom is 0.338 e. The number of nitrogens with one attached hydrogen (secondary N) is 2. The molecule has 1 unspecified atom stereocenters. The number of rotatable bonds is 8. The minimum atomic E-state index is -0.669. The number of amides is 2. The highest BCUT2D eigenvalue weighted by atomic mass is 32.2. The first kappa shape index (κ1) is 23.4. The fourth-order valence-corrected chi connectivity index (χ4v) is 4.54. The number of methoxy groups -OCH3 is 1. The van der Waals surface area contributed by atoms with Crippen LogP contribution in [-0.2, 0) is 16.6 Å². The van der Waals surface area contributed by atoms with E-state index in [0.717, 1.165) is 16.9 Å². The van der Waals surface area contributed by atoms with Crippen LogP contribution < -0.4 is 15.4 Å². The molecule has 11 heteroatoms. The molecule has 1 atom stereocenters. The second kappa shape index (κ2) is 10.0. The topological polar surface area (TPSA) is 121 Å². The largest absolute Gasteiger partial charge is 0.497 e. The zero-order chi connectivity index (χ0) is 24.2. The van der Waals surface area contributed by atoms with E-state index in [9.17, 15) is 9.59 Å². The monoisotopic (exact) mass is 483 g/mol. The minimum Gasteiger partial charge on any atom is -0.497 e. The van der Waals surface area contributed by atoms with Gasteiger partial charge in [-0.3, -0.25) is 0 Å². The third-order valence-electron chi connectivity index (χ3n) is 5.38. The average molecular weight is 484 g/mol. The molecule has 0 bridgehead atoms. The average Bonchev–Trinajstić information content (AvgIpc) is 3.41. The van der Waals surface area contributed by atoms with Crippen LogP contribution in [0.3, 0.4) is 0 Å². The quantitative estimate of drug-likeness (QED) is 0.370. The van der Waals surface area contributed by atoms with E-state index < -0.39 is 18.0 Å². The molecule has 2 N–H and O–H groups in total. The first-order chi connectivity index (χ1) is 16.4. The second-order valence-electron chi connectivity index (χ2n) is 7.46. The van der Waals surface area contributed by atoms with Crippen molar-refractivity contribution in [1.82, 2.24) is 25.4 Å². The van der Waals surface area contributed by atoms with Crippen LogP contribution in [0, 0.1) is 6.92 Å². The third-order valence-corrected chi connectivity index (χ3v) is 6.43. The SMILES string of the molecule is CCOC(=O)C1=C(CSc2nnc(-c3ccoc3C)n2C)NC(=O)NC1c1ccc(OC)cc1. The van der Waals surface area contributed by atoms with Crippen LogP contribution >= 0.6 is 11.8 Å². The molecule has 0 saturated carbocycles. The van der Waals surface area contributed by atoms with Crippen LogP contribution in [0.15, 0.2) is 57.4 Å².